The smallest absolute Gasteiger partial charge is 0.127 e. The Morgan fingerprint density at radius 3 is 2.93 bits per heavy atom. The molecule has 0 unspecified atom stereocenters. The molecule has 0 fully saturated rings. The van der Waals surface area contributed by atoms with Crippen LogP contribution in [0, 0.1) is 0 Å². The second-order valence-electron chi connectivity index (χ2n) is 3.09. The maximum Gasteiger partial charge on any atom is 0.127 e. The number of benzene rings is 1. The highest BCUT2D eigenvalue weighted by molar-refractivity contribution is 8.01. The fourth-order valence-electron chi connectivity index (χ4n) is 1.36. The maximum atomic E-state index is 5.33. The summed E-state index contributed by atoms with van der Waals surface area (Å²) >= 11 is 3.56. The monoisotopic (exact) mass is 220 g/mol. The third-order valence-corrected chi connectivity index (χ3v) is 4.16. The van der Waals surface area contributed by atoms with Crippen molar-refractivity contribution in [2.24, 2.45) is 0 Å². The minimum Gasteiger partial charge on any atom is -0.488 e. The summed E-state index contributed by atoms with van der Waals surface area (Å²) in [5.74, 6) is 1.05. The number of hydrogen-bond acceptors (Lipinski definition) is 3. The number of rotatable bonds is 2. The average Bonchev–Trinajstić information content (AvgIpc) is 2.62. The summed E-state index contributed by atoms with van der Waals surface area (Å²) in [6.45, 7) is 0.777. The van der Waals surface area contributed by atoms with E-state index in [-0.39, 0.29) is 0 Å². The van der Waals surface area contributed by atoms with Gasteiger partial charge in [-0.3, -0.25) is 0 Å². The van der Waals surface area contributed by atoms with Crippen molar-refractivity contribution in [1.29, 1.82) is 0 Å². The molecule has 0 aliphatic carbocycles. The van der Waals surface area contributed by atoms with Crippen LogP contribution in [0.5, 0.6) is 5.75 Å². The van der Waals surface area contributed by atoms with Gasteiger partial charge in [-0.25, -0.2) is 0 Å². The summed E-state index contributed by atoms with van der Waals surface area (Å²) in [5, 5.41) is 2.10. The Labute approximate surface area is 90.7 Å². The largest absolute Gasteiger partial charge is 0.488 e. The normalized spacial score (nSPS) is 12.9. The molecular formula is C11H8OS2. The topological polar surface area (TPSA) is 9.23 Å². The molecule has 70 valence electrons. The van der Waals surface area contributed by atoms with Gasteiger partial charge >= 0.3 is 0 Å². The molecule has 0 saturated carbocycles. The van der Waals surface area contributed by atoms with Crippen LogP contribution in [0.4, 0.5) is 0 Å². The molecule has 14 heavy (non-hydrogen) atoms. The van der Waals surface area contributed by atoms with Gasteiger partial charge in [0.2, 0.25) is 0 Å². The van der Waals surface area contributed by atoms with Crippen LogP contribution < -0.4 is 4.74 Å². The first kappa shape index (κ1) is 8.38. The van der Waals surface area contributed by atoms with E-state index in [9.17, 15) is 0 Å². The quantitative estimate of drug-likeness (QED) is 0.761. The second kappa shape index (κ2) is 3.33. The lowest BCUT2D eigenvalue weighted by Crippen LogP contribution is -2.08. The zero-order valence-corrected chi connectivity index (χ0v) is 9.03. The van der Waals surface area contributed by atoms with Crippen molar-refractivity contribution in [2.45, 2.75) is 15.7 Å². The minimum atomic E-state index is 0.777. The van der Waals surface area contributed by atoms with Gasteiger partial charge < -0.3 is 4.74 Å². The molecule has 1 aromatic heterocycles. The van der Waals surface area contributed by atoms with Crippen LogP contribution in [0.15, 0.2) is 44.8 Å². The molecule has 2 heterocycles. The zero-order chi connectivity index (χ0) is 9.38. The molecule has 1 aromatic carbocycles. The molecule has 0 radical (unpaired) electrons. The number of ether oxygens (including phenoxy) is 1. The van der Waals surface area contributed by atoms with Gasteiger partial charge in [-0.1, -0.05) is 23.9 Å². The van der Waals surface area contributed by atoms with E-state index in [4.69, 9.17) is 4.74 Å². The molecule has 0 bridgehead atoms. The van der Waals surface area contributed by atoms with E-state index in [0.717, 1.165) is 12.4 Å². The lowest BCUT2D eigenvalue weighted by molar-refractivity contribution is 0.242. The van der Waals surface area contributed by atoms with Crippen molar-refractivity contribution in [3.8, 4) is 5.75 Å². The fourth-order valence-corrected chi connectivity index (χ4v) is 3.14. The summed E-state index contributed by atoms with van der Waals surface area (Å²) in [6.07, 6.45) is 0. The van der Waals surface area contributed by atoms with E-state index in [1.54, 1.807) is 23.1 Å². The highest BCUT2D eigenvalue weighted by Crippen LogP contribution is 2.37. The van der Waals surface area contributed by atoms with Crippen molar-refractivity contribution < 1.29 is 4.74 Å². The second-order valence-corrected chi connectivity index (χ2v) is 5.41. The van der Waals surface area contributed by atoms with E-state index < -0.39 is 0 Å². The van der Waals surface area contributed by atoms with Gasteiger partial charge in [0.1, 0.15) is 12.4 Å². The molecule has 3 heteroatoms. The van der Waals surface area contributed by atoms with Gasteiger partial charge in [0.15, 0.2) is 0 Å². The lowest BCUT2D eigenvalue weighted by Gasteiger charge is -2.20. The van der Waals surface area contributed by atoms with Crippen molar-refractivity contribution >= 4 is 23.1 Å². The summed E-state index contributed by atoms with van der Waals surface area (Å²) < 4.78 is 6.65. The van der Waals surface area contributed by atoms with E-state index in [2.05, 4.69) is 35.7 Å². The lowest BCUT2D eigenvalue weighted by atomic mass is 10.1. The molecule has 1 aliphatic heterocycles. The van der Waals surface area contributed by atoms with Crippen LogP contribution in [0.3, 0.4) is 0 Å². The van der Waals surface area contributed by atoms with Crippen LogP contribution in [-0.4, -0.2) is 0 Å². The molecule has 0 saturated heterocycles. The summed E-state index contributed by atoms with van der Waals surface area (Å²) in [4.78, 5) is 1.26. The molecule has 0 N–H and O–H groups in total. The number of fused-ring (bicyclic) bond motifs is 1. The Bertz CT molecular complexity index is 448. The molecule has 0 atom stereocenters. The summed E-state index contributed by atoms with van der Waals surface area (Å²) in [6, 6.07) is 10.6. The Morgan fingerprint density at radius 1 is 1.29 bits per heavy atom. The summed E-state index contributed by atoms with van der Waals surface area (Å²) in [5.41, 5.74) is 1.32. The first-order chi connectivity index (χ1) is 6.92. The van der Waals surface area contributed by atoms with Crippen LogP contribution in [0.25, 0.3) is 0 Å². The third kappa shape index (κ3) is 1.42. The standard InChI is InChI=1S/C11H8OS2/c1-2-11(13-5-1)14-9-4-3-8-7-12-10(8)6-9/h1-6H,7H2. The predicted molar refractivity (Wildman–Crippen MR) is 59.2 cm³/mol. The van der Waals surface area contributed by atoms with E-state index in [1.807, 2.05) is 0 Å². The minimum absolute atomic E-state index is 0.777. The number of thiophene rings is 1. The highest BCUT2D eigenvalue weighted by atomic mass is 32.2. The average molecular weight is 220 g/mol. The number of hydrogen-bond donors (Lipinski definition) is 0. The molecule has 1 nitrogen and oxygen atoms in total. The van der Waals surface area contributed by atoms with Crippen molar-refractivity contribution in [3.05, 3.63) is 41.3 Å². The van der Waals surface area contributed by atoms with Gasteiger partial charge in [-0.05, 0) is 23.6 Å². The van der Waals surface area contributed by atoms with Crippen LogP contribution in [0.1, 0.15) is 5.56 Å². The van der Waals surface area contributed by atoms with Gasteiger partial charge in [-0.15, -0.1) is 11.3 Å². The van der Waals surface area contributed by atoms with Gasteiger partial charge in [0.25, 0.3) is 0 Å². The van der Waals surface area contributed by atoms with E-state index in [0.29, 0.717) is 0 Å². The molecule has 3 rings (SSSR count). The molecular weight excluding hydrogens is 212 g/mol. The van der Waals surface area contributed by atoms with Crippen LogP contribution in [0.2, 0.25) is 0 Å². The van der Waals surface area contributed by atoms with Gasteiger partial charge in [0.05, 0.1) is 4.21 Å². The first-order valence-electron chi connectivity index (χ1n) is 4.39. The van der Waals surface area contributed by atoms with Gasteiger partial charge in [0, 0.05) is 10.5 Å². The molecule has 0 amide bonds. The summed E-state index contributed by atoms with van der Waals surface area (Å²) in [7, 11) is 0. The molecule has 1 aliphatic rings. The van der Waals surface area contributed by atoms with E-state index in [1.165, 1.54) is 14.7 Å². The Kier molecular flexibility index (Phi) is 2.00. The van der Waals surface area contributed by atoms with Crippen LogP contribution in [-0.2, 0) is 6.61 Å². The Morgan fingerprint density at radius 2 is 2.29 bits per heavy atom. The molecule has 0 spiro atoms. The van der Waals surface area contributed by atoms with Crippen molar-refractivity contribution in [3.63, 3.8) is 0 Å². The fraction of sp³-hybridized carbons (Fsp3) is 0.0909. The first-order valence-corrected chi connectivity index (χ1v) is 6.08. The van der Waals surface area contributed by atoms with Crippen molar-refractivity contribution in [1.82, 2.24) is 0 Å². The van der Waals surface area contributed by atoms with Crippen LogP contribution >= 0.6 is 23.1 Å². The predicted octanol–water partition coefficient (Wildman–Crippen LogP) is 3.79. The Hall–Kier alpha value is -0.930. The Balaban J connectivity index is 1.87. The SMILES string of the molecule is c1csc(Sc2ccc3c(c2)OC3)c1. The molecule has 2 aromatic rings. The zero-order valence-electron chi connectivity index (χ0n) is 7.40. The van der Waals surface area contributed by atoms with Gasteiger partial charge in [-0.2, -0.15) is 0 Å². The van der Waals surface area contributed by atoms with Crippen molar-refractivity contribution in [2.75, 3.05) is 0 Å². The van der Waals surface area contributed by atoms with E-state index >= 15 is 0 Å². The highest BCUT2D eigenvalue weighted by Gasteiger charge is 2.14. The third-order valence-electron chi connectivity index (χ3n) is 2.14. The maximum absolute atomic E-state index is 5.33.